The summed E-state index contributed by atoms with van der Waals surface area (Å²) in [6.07, 6.45) is 2.80. The number of benzene rings is 3. The molecule has 0 saturated heterocycles. The number of carbonyl (C=O) groups is 1. The highest BCUT2D eigenvalue weighted by Gasteiger charge is 2.21. The molecule has 0 bridgehead atoms. The van der Waals surface area contributed by atoms with Crippen LogP contribution in [0.3, 0.4) is 0 Å². The van der Waals surface area contributed by atoms with Crippen molar-refractivity contribution < 1.29 is 14.3 Å². The molecule has 42 heavy (non-hydrogen) atoms. The Morgan fingerprint density at radius 3 is 2.05 bits per heavy atom. The van der Waals surface area contributed by atoms with E-state index in [9.17, 15) is 4.79 Å². The van der Waals surface area contributed by atoms with E-state index in [-0.39, 0.29) is 11.8 Å². The fourth-order valence-corrected chi connectivity index (χ4v) is 6.14. The molecule has 3 aromatic carbocycles. The van der Waals surface area contributed by atoms with Crippen LogP contribution in [0, 0.1) is 0 Å². The Labute approximate surface area is 254 Å². The van der Waals surface area contributed by atoms with Crippen molar-refractivity contribution in [2.75, 3.05) is 33.9 Å². The Bertz CT molecular complexity index is 1330. The van der Waals surface area contributed by atoms with Crippen LogP contribution in [0.25, 0.3) is 0 Å². The molecule has 1 aromatic heterocycles. The average Bonchev–Trinajstić information content (AvgIpc) is 3.50. The van der Waals surface area contributed by atoms with Crippen LogP contribution in [0.2, 0.25) is 0 Å². The average molecular weight is 586 g/mol. The number of aromatic nitrogens is 1. The summed E-state index contributed by atoms with van der Waals surface area (Å²) in [7, 11) is 3.36. The minimum absolute atomic E-state index is 0.0257. The molecule has 6 nitrogen and oxygen atoms in total. The second kappa shape index (κ2) is 16.1. The summed E-state index contributed by atoms with van der Waals surface area (Å²) in [5, 5.41) is 2.86. The quantitative estimate of drug-likeness (QED) is 0.135. The van der Waals surface area contributed by atoms with Crippen molar-refractivity contribution in [2.45, 2.75) is 52.1 Å². The highest BCUT2D eigenvalue weighted by atomic mass is 32.1. The fraction of sp³-hybridized carbons (Fsp3) is 0.371. The number of carbonyl (C=O) groups excluding carboxylic acids is 1. The SMILES string of the molecule is CCCN(CCC)C(=O)c1csc(CN(CCC(c2ccccc2)c2ccccc2)Cc2ccc(OC)cc2OC)n1. The van der Waals surface area contributed by atoms with Gasteiger partial charge in [-0.1, -0.05) is 80.6 Å². The van der Waals surface area contributed by atoms with Gasteiger partial charge in [-0.2, -0.15) is 0 Å². The molecule has 0 aliphatic carbocycles. The lowest BCUT2D eigenvalue weighted by atomic mass is 9.88. The molecule has 4 rings (SSSR count). The topological polar surface area (TPSA) is 54.9 Å². The van der Waals surface area contributed by atoms with E-state index in [1.165, 1.54) is 11.1 Å². The van der Waals surface area contributed by atoms with Crippen LogP contribution >= 0.6 is 11.3 Å². The summed E-state index contributed by atoms with van der Waals surface area (Å²) in [6.45, 7) is 7.88. The van der Waals surface area contributed by atoms with E-state index in [1.807, 2.05) is 22.4 Å². The van der Waals surface area contributed by atoms with Crippen molar-refractivity contribution in [3.8, 4) is 11.5 Å². The van der Waals surface area contributed by atoms with Crippen LogP contribution in [0.1, 0.15) is 71.2 Å². The first-order valence-corrected chi connectivity index (χ1v) is 15.7. The molecule has 1 amide bonds. The molecule has 0 radical (unpaired) electrons. The van der Waals surface area contributed by atoms with Crippen molar-refractivity contribution in [3.63, 3.8) is 0 Å². The molecule has 0 N–H and O–H groups in total. The molecule has 0 aliphatic heterocycles. The molecular formula is C35H43N3O3S. The van der Waals surface area contributed by atoms with E-state index in [0.717, 1.165) is 61.0 Å². The van der Waals surface area contributed by atoms with Gasteiger partial charge in [0.05, 0.1) is 20.8 Å². The van der Waals surface area contributed by atoms with Crippen molar-refractivity contribution in [1.82, 2.24) is 14.8 Å². The standard InChI is InChI=1S/C35H43N3O3S/c1-5-20-38(21-6-2)35(39)32-26-42-34(36-32)25-37(24-29-17-18-30(40-3)23-33(29)41-4)22-19-31(27-13-9-7-10-14-27)28-15-11-8-12-16-28/h7-18,23,26,31H,5-6,19-22,24-25H2,1-4H3. The summed E-state index contributed by atoms with van der Waals surface area (Å²) in [5.41, 5.74) is 4.24. The third-order valence-electron chi connectivity index (χ3n) is 7.43. The van der Waals surface area contributed by atoms with E-state index in [1.54, 1.807) is 25.6 Å². The number of thiazole rings is 1. The zero-order chi connectivity index (χ0) is 29.7. The molecule has 222 valence electrons. The van der Waals surface area contributed by atoms with Gasteiger partial charge >= 0.3 is 0 Å². The molecule has 0 saturated carbocycles. The maximum absolute atomic E-state index is 13.2. The van der Waals surface area contributed by atoms with Gasteiger partial charge in [-0.05, 0) is 43.0 Å². The van der Waals surface area contributed by atoms with Crippen molar-refractivity contribution in [2.24, 2.45) is 0 Å². The molecule has 0 unspecified atom stereocenters. The number of rotatable bonds is 16. The minimum atomic E-state index is 0.0257. The number of ether oxygens (including phenoxy) is 2. The molecule has 4 aromatic rings. The summed E-state index contributed by atoms with van der Waals surface area (Å²) in [6, 6.07) is 27.4. The Morgan fingerprint density at radius 1 is 0.833 bits per heavy atom. The molecule has 0 aliphatic rings. The molecule has 7 heteroatoms. The van der Waals surface area contributed by atoms with Crippen LogP contribution in [0.15, 0.2) is 84.2 Å². The summed E-state index contributed by atoms with van der Waals surface area (Å²) in [5.74, 6) is 1.85. The van der Waals surface area contributed by atoms with Crippen molar-refractivity contribution >= 4 is 17.2 Å². The number of hydrogen-bond acceptors (Lipinski definition) is 6. The van der Waals surface area contributed by atoms with E-state index in [4.69, 9.17) is 14.5 Å². The lowest BCUT2D eigenvalue weighted by molar-refractivity contribution is 0.0750. The molecular weight excluding hydrogens is 542 g/mol. The van der Waals surface area contributed by atoms with Crippen molar-refractivity contribution in [3.05, 3.63) is 112 Å². The van der Waals surface area contributed by atoms with Gasteiger partial charge in [0.2, 0.25) is 0 Å². The highest BCUT2D eigenvalue weighted by molar-refractivity contribution is 7.09. The Kier molecular flexibility index (Phi) is 12.0. The predicted octanol–water partition coefficient (Wildman–Crippen LogP) is 7.65. The number of nitrogens with zero attached hydrogens (tertiary/aromatic N) is 3. The second-order valence-corrected chi connectivity index (χ2v) is 11.4. The lowest BCUT2D eigenvalue weighted by Gasteiger charge is -2.26. The van der Waals surface area contributed by atoms with E-state index in [2.05, 4.69) is 85.5 Å². The maximum atomic E-state index is 13.2. The smallest absolute Gasteiger partial charge is 0.273 e. The van der Waals surface area contributed by atoms with Gasteiger partial charge < -0.3 is 14.4 Å². The molecule has 1 heterocycles. The zero-order valence-corrected chi connectivity index (χ0v) is 26.1. The van der Waals surface area contributed by atoms with Gasteiger partial charge in [-0.25, -0.2) is 4.98 Å². The van der Waals surface area contributed by atoms with Crippen LogP contribution in [0.4, 0.5) is 0 Å². The number of amides is 1. The van der Waals surface area contributed by atoms with Crippen LogP contribution < -0.4 is 9.47 Å². The first-order valence-electron chi connectivity index (χ1n) is 14.8. The van der Waals surface area contributed by atoms with Crippen LogP contribution in [-0.4, -0.2) is 54.5 Å². The van der Waals surface area contributed by atoms with Crippen LogP contribution in [0.5, 0.6) is 11.5 Å². The lowest BCUT2D eigenvalue weighted by Crippen LogP contribution is -2.32. The minimum Gasteiger partial charge on any atom is -0.497 e. The first kappa shape index (κ1) is 31.3. The molecule has 0 spiro atoms. The van der Waals surface area contributed by atoms with Gasteiger partial charge in [0.25, 0.3) is 5.91 Å². The van der Waals surface area contributed by atoms with Gasteiger partial charge in [-0.3, -0.25) is 9.69 Å². The molecule has 0 atom stereocenters. The third kappa shape index (κ3) is 8.43. The Hall–Kier alpha value is -3.68. The predicted molar refractivity (Wildman–Crippen MR) is 172 cm³/mol. The van der Waals surface area contributed by atoms with E-state index in [0.29, 0.717) is 18.8 Å². The summed E-state index contributed by atoms with van der Waals surface area (Å²) < 4.78 is 11.2. The first-order chi connectivity index (χ1) is 20.6. The van der Waals surface area contributed by atoms with Gasteiger partial charge in [0.15, 0.2) is 0 Å². The normalized spacial score (nSPS) is 11.2. The number of hydrogen-bond donors (Lipinski definition) is 0. The summed E-state index contributed by atoms with van der Waals surface area (Å²) in [4.78, 5) is 22.4. The Morgan fingerprint density at radius 2 is 1.48 bits per heavy atom. The third-order valence-corrected chi connectivity index (χ3v) is 8.26. The molecule has 0 fully saturated rings. The van der Waals surface area contributed by atoms with Crippen LogP contribution in [-0.2, 0) is 13.1 Å². The van der Waals surface area contributed by atoms with E-state index >= 15 is 0 Å². The Balaban J connectivity index is 1.59. The van der Waals surface area contributed by atoms with Gasteiger partial charge in [0, 0.05) is 42.6 Å². The monoisotopic (exact) mass is 585 g/mol. The van der Waals surface area contributed by atoms with Gasteiger partial charge in [-0.15, -0.1) is 11.3 Å². The van der Waals surface area contributed by atoms with Gasteiger partial charge in [0.1, 0.15) is 22.2 Å². The maximum Gasteiger partial charge on any atom is 0.273 e. The zero-order valence-electron chi connectivity index (χ0n) is 25.3. The highest BCUT2D eigenvalue weighted by Crippen LogP contribution is 2.30. The second-order valence-electron chi connectivity index (χ2n) is 10.5. The fourth-order valence-electron chi connectivity index (χ4n) is 5.34. The number of methoxy groups -OCH3 is 2. The summed E-state index contributed by atoms with van der Waals surface area (Å²) >= 11 is 1.56. The largest absolute Gasteiger partial charge is 0.497 e. The van der Waals surface area contributed by atoms with E-state index < -0.39 is 0 Å². The van der Waals surface area contributed by atoms with Crippen molar-refractivity contribution in [1.29, 1.82) is 0 Å².